The van der Waals surface area contributed by atoms with E-state index in [1.165, 1.54) is 17.0 Å². The molecule has 4 rings (SSSR count). The molecular weight excluding hydrogens is 347 g/mol. The minimum Gasteiger partial charge on any atom is -0.315 e. The van der Waals surface area contributed by atoms with E-state index in [2.05, 4.69) is 10.3 Å². The number of aromatic nitrogens is 1. The Hall–Kier alpha value is -2.80. The molecular formula is C20H21FN4O2. The molecule has 2 aromatic rings. The van der Waals surface area contributed by atoms with Crippen molar-refractivity contribution in [2.24, 2.45) is 0 Å². The van der Waals surface area contributed by atoms with Crippen LogP contribution in [-0.2, 0) is 17.9 Å². The third-order valence-corrected chi connectivity index (χ3v) is 5.17. The summed E-state index contributed by atoms with van der Waals surface area (Å²) in [6.07, 6.45) is 4.93. The first-order valence-corrected chi connectivity index (χ1v) is 9.12. The van der Waals surface area contributed by atoms with Gasteiger partial charge in [-0.3, -0.25) is 14.7 Å². The number of rotatable bonds is 4. The zero-order valence-corrected chi connectivity index (χ0v) is 14.8. The van der Waals surface area contributed by atoms with Crippen LogP contribution in [0.1, 0.15) is 24.0 Å². The van der Waals surface area contributed by atoms with Crippen LogP contribution in [0.25, 0.3) is 0 Å². The predicted octanol–water partition coefficient (Wildman–Crippen LogP) is 2.31. The molecule has 1 aromatic carbocycles. The van der Waals surface area contributed by atoms with Crippen LogP contribution in [-0.4, -0.2) is 45.4 Å². The van der Waals surface area contributed by atoms with Crippen molar-refractivity contribution in [3.05, 3.63) is 65.7 Å². The number of nitrogens with zero attached hydrogens (tertiary/aromatic N) is 3. The molecule has 0 saturated carbocycles. The quantitative estimate of drug-likeness (QED) is 0.899. The Balaban J connectivity index is 1.63. The summed E-state index contributed by atoms with van der Waals surface area (Å²) in [4.78, 5) is 33.1. The molecule has 0 bridgehead atoms. The van der Waals surface area contributed by atoms with Crippen LogP contribution in [0.3, 0.4) is 0 Å². The highest BCUT2D eigenvalue weighted by atomic mass is 19.1. The van der Waals surface area contributed by atoms with Crippen molar-refractivity contribution in [3.63, 3.8) is 0 Å². The van der Waals surface area contributed by atoms with Gasteiger partial charge in [-0.2, -0.15) is 0 Å². The van der Waals surface area contributed by atoms with Crippen molar-refractivity contribution in [2.75, 3.05) is 6.54 Å². The predicted molar refractivity (Wildman–Crippen MR) is 96.9 cm³/mol. The number of carbonyl (C=O) groups excluding carboxylic acids is 2. The van der Waals surface area contributed by atoms with Crippen molar-refractivity contribution >= 4 is 11.9 Å². The van der Waals surface area contributed by atoms with Crippen LogP contribution in [0.4, 0.5) is 9.18 Å². The fraction of sp³-hybridized carbons (Fsp3) is 0.350. The lowest BCUT2D eigenvalue weighted by Gasteiger charge is -2.47. The molecule has 2 fully saturated rings. The molecule has 3 heterocycles. The van der Waals surface area contributed by atoms with E-state index >= 15 is 0 Å². The molecule has 1 aromatic heterocycles. The zero-order chi connectivity index (χ0) is 18.8. The third-order valence-electron chi connectivity index (χ3n) is 5.17. The molecule has 7 heteroatoms. The highest BCUT2D eigenvalue weighted by Gasteiger charge is 2.46. The van der Waals surface area contributed by atoms with E-state index in [0.29, 0.717) is 5.56 Å². The lowest BCUT2D eigenvalue weighted by atomic mass is 9.93. The number of carbonyl (C=O) groups is 2. The highest BCUT2D eigenvalue weighted by Crippen LogP contribution is 2.27. The second kappa shape index (κ2) is 7.44. The molecule has 2 unspecified atom stereocenters. The number of fused-ring (bicyclic) bond motifs is 1. The van der Waals surface area contributed by atoms with Gasteiger partial charge in [-0.15, -0.1) is 0 Å². The van der Waals surface area contributed by atoms with Gasteiger partial charge in [0.15, 0.2) is 0 Å². The van der Waals surface area contributed by atoms with E-state index in [0.717, 1.165) is 24.9 Å². The van der Waals surface area contributed by atoms with Crippen molar-refractivity contribution in [2.45, 2.75) is 38.0 Å². The molecule has 2 aliphatic rings. The lowest BCUT2D eigenvalue weighted by molar-refractivity contribution is -0.137. The van der Waals surface area contributed by atoms with Crippen LogP contribution < -0.4 is 5.32 Å². The molecule has 0 spiro atoms. The summed E-state index contributed by atoms with van der Waals surface area (Å²) in [6.45, 7) is 1.22. The van der Waals surface area contributed by atoms with Gasteiger partial charge in [0.05, 0.1) is 12.6 Å². The Morgan fingerprint density at radius 1 is 1.11 bits per heavy atom. The minimum absolute atomic E-state index is 0.197. The second-order valence-corrected chi connectivity index (χ2v) is 6.96. The molecule has 6 nitrogen and oxygen atoms in total. The molecule has 0 radical (unpaired) electrons. The van der Waals surface area contributed by atoms with Crippen LogP contribution in [0.2, 0.25) is 0 Å². The molecule has 2 saturated heterocycles. The van der Waals surface area contributed by atoms with E-state index in [1.807, 2.05) is 0 Å². The largest absolute Gasteiger partial charge is 0.327 e. The summed E-state index contributed by atoms with van der Waals surface area (Å²) < 4.78 is 13.6. The van der Waals surface area contributed by atoms with Crippen LogP contribution in [0.15, 0.2) is 48.8 Å². The van der Waals surface area contributed by atoms with Gasteiger partial charge in [0.2, 0.25) is 5.91 Å². The summed E-state index contributed by atoms with van der Waals surface area (Å²) in [7, 11) is 0. The van der Waals surface area contributed by atoms with E-state index in [-0.39, 0.29) is 36.9 Å². The Bertz CT molecular complexity index is 845. The molecule has 140 valence electrons. The second-order valence-electron chi connectivity index (χ2n) is 6.96. The lowest BCUT2D eigenvalue weighted by Crippen LogP contribution is -2.68. The maximum absolute atomic E-state index is 13.6. The Morgan fingerprint density at radius 3 is 2.70 bits per heavy atom. The molecule has 3 amide bonds. The van der Waals surface area contributed by atoms with Crippen molar-refractivity contribution in [1.29, 1.82) is 0 Å². The van der Waals surface area contributed by atoms with Crippen LogP contribution in [0, 0.1) is 5.82 Å². The van der Waals surface area contributed by atoms with Crippen LogP contribution in [0.5, 0.6) is 0 Å². The highest BCUT2D eigenvalue weighted by molar-refractivity contribution is 6.00. The average Bonchev–Trinajstić information content (AvgIpc) is 2.69. The van der Waals surface area contributed by atoms with Crippen molar-refractivity contribution in [1.82, 2.24) is 20.1 Å². The number of hydrogen-bond donors (Lipinski definition) is 1. The van der Waals surface area contributed by atoms with Gasteiger partial charge < -0.3 is 10.2 Å². The zero-order valence-electron chi connectivity index (χ0n) is 14.8. The van der Waals surface area contributed by atoms with Crippen LogP contribution >= 0.6 is 0 Å². The molecule has 1 N–H and O–H groups in total. The van der Waals surface area contributed by atoms with Crippen molar-refractivity contribution in [3.8, 4) is 0 Å². The topological polar surface area (TPSA) is 65.5 Å². The average molecular weight is 368 g/mol. The van der Waals surface area contributed by atoms with Crippen molar-refractivity contribution < 1.29 is 14.0 Å². The van der Waals surface area contributed by atoms with E-state index < -0.39 is 6.04 Å². The standard InChI is InChI=1S/C20H21FN4O2/c21-16-4-1-3-15(11-16)13-24-17-5-2-8-23-18(17)19(26)25(20(24)27)12-14-6-9-22-10-7-14/h1,3-4,6-7,9-11,17-18,23H,2,5,8,12-13H2. The van der Waals surface area contributed by atoms with Gasteiger partial charge >= 0.3 is 6.03 Å². The number of pyridine rings is 1. The van der Waals surface area contributed by atoms with E-state index in [9.17, 15) is 14.0 Å². The number of piperidine rings is 1. The van der Waals surface area contributed by atoms with E-state index in [4.69, 9.17) is 0 Å². The first kappa shape index (κ1) is 17.6. The smallest absolute Gasteiger partial charge is 0.315 e. The number of imide groups is 1. The minimum atomic E-state index is -0.424. The molecule has 0 aliphatic carbocycles. The normalized spacial score (nSPS) is 22.7. The molecule has 27 heavy (non-hydrogen) atoms. The number of benzene rings is 1. The number of nitrogens with one attached hydrogen (secondary N) is 1. The van der Waals surface area contributed by atoms with Gasteiger partial charge in [0.25, 0.3) is 0 Å². The first-order valence-electron chi connectivity index (χ1n) is 9.12. The van der Waals surface area contributed by atoms with Gasteiger partial charge in [0.1, 0.15) is 11.9 Å². The number of urea groups is 1. The number of amides is 3. The summed E-state index contributed by atoms with van der Waals surface area (Å²) in [5.41, 5.74) is 1.55. The maximum Gasteiger partial charge on any atom is 0.327 e. The van der Waals surface area contributed by atoms with E-state index in [1.54, 1.807) is 41.6 Å². The van der Waals surface area contributed by atoms with Gasteiger partial charge in [-0.05, 0) is 54.8 Å². The fourth-order valence-electron chi connectivity index (χ4n) is 3.85. The summed E-state index contributed by atoms with van der Waals surface area (Å²) in [5.74, 6) is -0.531. The van der Waals surface area contributed by atoms with Gasteiger partial charge in [0, 0.05) is 18.9 Å². The number of halogens is 1. The first-order chi connectivity index (χ1) is 13.1. The molecule has 2 atom stereocenters. The Labute approximate surface area is 157 Å². The monoisotopic (exact) mass is 368 g/mol. The number of hydrogen-bond acceptors (Lipinski definition) is 4. The third kappa shape index (κ3) is 3.55. The summed E-state index contributed by atoms with van der Waals surface area (Å²) in [6, 6.07) is 8.86. The maximum atomic E-state index is 13.6. The van der Waals surface area contributed by atoms with Gasteiger partial charge in [-0.25, -0.2) is 9.18 Å². The fourth-order valence-corrected chi connectivity index (χ4v) is 3.85. The Kier molecular flexibility index (Phi) is 4.85. The summed E-state index contributed by atoms with van der Waals surface area (Å²) >= 11 is 0. The molecule has 2 aliphatic heterocycles. The van der Waals surface area contributed by atoms with Gasteiger partial charge in [-0.1, -0.05) is 12.1 Å². The SMILES string of the molecule is O=C1C2NCCCC2N(Cc2cccc(F)c2)C(=O)N1Cc1ccncc1. The summed E-state index contributed by atoms with van der Waals surface area (Å²) in [5, 5.41) is 3.26. The Morgan fingerprint density at radius 2 is 1.93 bits per heavy atom.